The second-order valence-corrected chi connectivity index (χ2v) is 0.971. The summed E-state index contributed by atoms with van der Waals surface area (Å²) in [6, 6.07) is 0. The topological polar surface area (TPSA) is 49.3 Å². The fourth-order valence-corrected chi connectivity index (χ4v) is 0.171. The van der Waals surface area contributed by atoms with E-state index in [1.165, 1.54) is 0 Å². The van der Waals surface area contributed by atoms with E-state index in [0.717, 1.165) is 0 Å². The number of hydrogen-bond donors (Lipinski definition) is 2. The Balaban J connectivity index is 0. The van der Waals surface area contributed by atoms with Crippen LogP contribution < -0.4 is 4.84 Å². The van der Waals surface area contributed by atoms with E-state index in [-0.39, 0.29) is 36.1 Å². The number of rotatable bonds is 2. The zero-order chi connectivity index (χ0) is 4.99. The molecular weight excluding hydrogens is 128 g/mol. The van der Waals surface area contributed by atoms with Crippen LogP contribution in [0.1, 0.15) is 0 Å². The molecule has 0 saturated carbocycles. The van der Waals surface area contributed by atoms with E-state index in [2.05, 4.69) is 0 Å². The monoisotopic (exact) mass is 132 g/mol. The minimum atomic E-state index is -0.954. The summed E-state index contributed by atoms with van der Waals surface area (Å²) >= 11 is 4.77. The van der Waals surface area contributed by atoms with Crippen molar-refractivity contribution >= 4 is 47.3 Å². The Labute approximate surface area is 68.4 Å². The molecule has 0 aromatic carbocycles. The van der Waals surface area contributed by atoms with Gasteiger partial charge in [-0.3, -0.25) is 4.79 Å². The van der Waals surface area contributed by atoms with Crippen LogP contribution in [0.25, 0.3) is 0 Å². The third-order valence-corrected chi connectivity index (χ3v) is 0.352. The summed E-state index contributed by atoms with van der Waals surface area (Å²) in [7, 11) is 0. The van der Waals surface area contributed by atoms with Gasteiger partial charge in [0.1, 0.15) is 6.54 Å². The normalized spacial score (nSPS) is 7.00. The molecule has 5 heteroatoms. The second-order valence-electron chi connectivity index (χ2n) is 0.704. The number of halogens is 1. The fourth-order valence-electron chi connectivity index (χ4n) is 0.0572. The van der Waals surface area contributed by atoms with E-state index in [1.807, 2.05) is 4.84 Å². The first-order chi connectivity index (χ1) is 2.77. The summed E-state index contributed by atoms with van der Waals surface area (Å²) in [5, 5.41) is 7.77. The molecule has 3 nitrogen and oxygen atoms in total. The van der Waals surface area contributed by atoms with Crippen molar-refractivity contribution in [3.05, 3.63) is 0 Å². The molecule has 0 rings (SSSR count). The molecule has 0 bridgehead atoms. The zero-order valence-corrected chi connectivity index (χ0v) is 6.70. The number of carboxylic acid groups (broad SMARTS) is 1. The van der Waals surface area contributed by atoms with Crippen molar-refractivity contribution in [1.29, 1.82) is 0 Å². The quantitative estimate of drug-likeness (QED) is 0.391. The number of aliphatic carboxylic acids is 1. The summed E-state index contributed by atoms with van der Waals surface area (Å²) in [4.78, 5) is 11.4. The molecule has 2 N–H and O–H groups in total. The van der Waals surface area contributed by atoms with Crippen LogP contribution in [0.2, 0.25) is 0 Å². The van der Waals surface area contributed by atoms with Crippen LogP contribution in [-0.2, 0) is 4.79 Å². The Bertz CT molecular complexity index is 59.7. The van der Waals surface area contributed by atoms with Gasteiger partial charge in [-0.05, 0) is 11.8 Å². The summed E-state index contributed by atoms with van der Waals surface area (Å²) in [6.07, 6.45) is 0. The molecule has 0 saturated heterocycles. The van der Waals surface area contributed by atoms with Crippen LogP contribution in [0.4, 0.5) is 0 Å². The molecule has 1 radical (unpaired) electrons. The molecular formula is C2H4ClNNaO2. The van der Waals surface area contributed by atoms with Gasteiger partial charge >= 0.3 is 5.97 Å². The molecule has 0 fully saturated rings. The second kappa shape index (κ2) is 6.72. The fraction of sp³-hybridized carbons (Fsp3) is 0.500. The van der Waals surface area contributed by atoms with Gasteiger partial charge in [-0.2, -0.15) is 0 Å². The molecule has 0 aliphatic rings. The smallest absolute Gasteiger partial charge is 0.318 e. The zero-order valence-electron chi connectivity index (χ0n) is 3.94. The SMILES string of the molecule is O=C(O)CNCl.[Na]. The Kier molecular flexibility index (Phi) is 10.2. The van der Waals surface area contributed by atoms with E-state index in [9.17, 15) is 4.79 Å². The van der Waals surface area contributed by atoms with Crippen LogP contribution in [0.5, 0.6) is 0 Å². The molecule has 0 aromatic heterocycles. The van der Waals surface area contributed by atoms with Crippen molar-refractivity contribution in [2.24, 2.45) is 0 Å². The van der Waals surface area contributed by atoms with Gasteiger partial charge in [0.15, 0.2) is 0 Å². The van der Waals surface area contributed by atoms with E-state index in [4.69, 9.17) is 16.9 Å². The largest absolute Gasteiger partial charge is 0.480 e. The van der Waals surface area contributed by atoms with E-state index in [0.29, 0.717) is 0 Å². The number of hydrogen-bond acceptors (Lipinski definition) is 2. The predicted molar refractivity (Wildman–Crippen MR) is 27.2 cm³/mol. The van der Waals surface area contributed by atoms with E-state index < -0.39 is 5.97 Å². The number of carboxylic acids is 1. The average molecular weight is 133 g/mol. The maximum Gasteiger partial charge on any atom is 0.318 e. The van der Waals surface area contributed by atoms with Gasteiger partial charge in [0.2, 0.25) is 0 Å². The third-order valence-electron chi connectivity index (χ3n) is 0.218. The van der Waals surface area contributed by atoms with Crippen molar-refractivity contribution < 1.29 is 9.90 Å². The summed E-state index contributed by atoms with van der Waals surface area (Å²) in [6.45, 7) is -0.193. The first kappa shape index (κ1) is 10.7. The van der Waals surface area contributed by atoms with Crippen LogP contribution >= 0.6 is 11.8 Å². The summed E-state index contributed by atoms with van der Waals surface area (Å²) in [5.74, 6) is -0.954. The van der Waals surface area contributed by atoms with Gasteiger partial charge in [0, 0.05) is 29.6 Å². The Morgan fingerprint density at radius 1 is 1.86 bits per heavy atom. The van der Waals surface area contributed by atoms with E-state index in [1.54, 1.807) is 0 Å². The maximum absolute atomic E-state index is 9.45. The van der Waals surface area contributed by atoms with Crippen LogP contribution in [0, 0.1) is 0 Å². The molecule has 37 valence electrons. The standard InChI is InChI=1S/C2H4ClNO2.Na/c3-4-1-2(5)6;/h4H,1H2,(H,5,6);. The molecule has 0 aliphatic carbocycles. The first-order valence-electron chi connectivity index (χ1n) is 1.32. The first-order valence-corrected chi connectivity index (χ1v) is 1.70. The minimum Gasteiger partial charge on any atom is -0.480 e. The molecule has 7 heavy (non-hydrogen) atoms. The molecule has 0 heterocycles. The Hall–Kier alpha value is 0.720. The summed E-state index contributed by atoms with van der Waals surface area (Å²) < 4.78 is 0. The molecule has 0 atom stereocenters. The molecule has 0 aliphatic heterocycles. The van der Waals surface area contributed by atoms with Gasteiger partial charge in [-0.15, -0.1) is 0 Å². The van der Waals surface area contributed by atoms with Crippen molar-refractivity contribution in [3.8, 4) is 0 Å². The van der Waals surface area contributed by atoms with Crippen LogP contribution in [0.3, 0.4) is 0 Å². The van der Waals surface area contributed by atoms with Gasteiger partial charge in [0.05, 0.1) is 0 Å². The molecule has 0 spiro atoms. The van der Waals surface area contributed by atoms with Crippen LogP contribution in [0.15, 0.2) is 0 Å². The molecule has 0 amide bonds. The predicted octanol–water partition coefficient (Wildman–Crippen LogP) is -0.566. The Morgan fingerprint density at radius 3 is 2.29 bits per heavy atom. The average Bonchev–Trinajstić information content (AvgIpc) is 1.35. The van der Waals surface area contributed by atoms with Crippen LogP contribution in [-0.4, -0.2) is 47.2 Å². The van der Waals surface area contributed by atoms with Crippen molar-refractivity contribution in [2.45, 2.75) is 0 Å². The summed E-state index contributed by atoms with van der Waals surface area (Å²) in [5.41, 5.74) is 0. The molecule has 0 unspecified atom stereocenters. The number of carbonyl (C=O) groups is 1. The van der Waals surface area contributed by atoms with E-state index >= 15 is 0 Å². The maximum atomic E-state index is 9.45. The van der Waals surface area contributed by atoms with Gasteiger partial charge < -0.3 is 5.11 Å². The van der Waals surface area contributed by atoms with Gasteiger partial charge in [0.25, 0.3) is 0 Å². The Morgan fingerprint density at radius 2 is 2.29 bits per heavy atom. The molecule has 0 aromatic rings. The van der Waals surface area contributed by atoms with Crippen molar-refractivity contribution in [3.63, 3.8) is 0 Å². The van der Waals surface area contributed by atoms with Gasteiger partial charge in [-0.25, -0.2) is 4.84 Å². The van der Waals surface area contributed by atoms with Gasteiger partial charge in [-0.1, -0.05) is 0 Å². The minimum absolute atomic E-state index is 0. The van der Waals surface area contributed by atoms with Crippen molar-refractivity contribution in [2.75, 3.05) is 6.54 Å². The third kappa shape index (κ3) is 10.8. The number of nitrogens with one attached hydrogen (secondary N) is 1. The van der Waals surface area contributed by atoms with Crippen molar-refractivity contribution in [1.82, 2.24) is 4.84 Å².